The number of hydrazine groups is 1. The van der Waals surface area contributed by atoms with Crippen LogP contribution >= 0.6 is 11.6 Å². The maximum Gasteiger partial charge on any atom is 0.123 e. The lowest BCUT2D eigenvalue weighted by Gasteiger charge is -2.14. The van der Waals surface area contributed by atoms with Gasteiger partial charge in [-0.25, -0.2) is 10.2 Å². The lowest BCUT2D eigenvalue weighted by Crippen LogP contribution is -2.35. The van der Waals surface area contributed by atoms with Gasteiger partial charge in [0.15, 0.2) is 0 Å². The third kappa shape index (κ3) is 3.23. The van der Waals surface area contributed by atoms with Crippen molar-refractivity contribution in [1.29, 1.82) is 0 Å². The second kappa shape index (κ2) is 5.84. The fourth-order valence-electron chi connectivity index (χ4n) is 2.41. The number of nitrogens with two attached hydrogens (primary N) is 1. The van der Waals surface area contributed by atoms with Crippen molar-refractivity contribution < 1.29 is 4.39 Å². The smallest absolute Gasteiger partial charge is 0.123 e. The Morgan fingerprint density at radius 1 is 1.24 bits per heavy atom. The van der Waals surface area contributed by atoms with Crippen LogP contribution in [-0.4, -0.2) is 17.4 Å². The first-order chi connectivity index (χ1) is 10.1. The fourth-order valence-corrected chi connectivity index (χ4v) is 2.61. The molecule has 0 aromatic heterocycles. The first-order valence-corrected chi connectivity index (χ1v) is 7.08. The first-order valence-electron chi connectivity index (χ1n) is 6.70. The van der Waals surface area contributed by atoms with E-state index in [1.165, 1.54) is 12.1 Å². The van der Waals surface area contributed by atoms with Crippen LogP contribution in [0.2, 0.25) is 5.02 Å². The van der Waals surface area contributed by atoms with Crippen LogP contribution in [0.5, 0.6) is 0 Å². The summed E-state index contributed by atoms with van der Waals surface area (Å²) in [6, 6.07) is 14.0. The number of rotatable bonds is 3. The topological polar surface area (TPSA) is 41.6 Å². The number of benzene rings is 2. The Kier molecular flexibility index (Phi) is 3.90. The van der Waals surface area contributed by atoms with Crippen molar-refractivity contribution in [2.45, 2.75) is 12.5 Å². The van der Waals surface area contributed by atoms with Gasteiger partial charge in [-0.3, -0.25) is 10.0 Å². The molecule has 1 heterocycles. The van der Waals surface area contributed by atoms with E-state index in [4.69, 9.17) is 17.4 Å². The fraction of sp³-hybridized carbons (Fsp3) is 0.188. The van der Waals surface area contributed by atoms with E-state index in [9.17, 15) is 4.39 Å². The van der Waals surface area contributed by atoms with Gasteiger partial charge in [0.2, 0.25) is 0 Å². The molecule has 3 nitrogen and oxygen atoms in total. The zero-order chi connectivity index (χ0) is 14.8. The molecule has 2 N–H and O–H groups in total. The molecule has 3 rings (SSSR count). The Labute approximate surface area is 127 Å². The Morgan fingerprint density at radius 3 is 2.71 bits per heavy atom. The molecule has 2 aromatic rings. The molecule has 1 atom stereocenters. The highest BCUT2D eigenvalue weighted by molar-refractivity contribution is 6.30. The Bertz CT molecular complexity index is 669. The van der Waals surface area contributed by atoms with E-state index in [1.54, 1.807) is 17.1 Å². The average Bonchev–Trinajstić information content (AvgIpc) is 2.83. The highest BCUT2D eigenvalue weighted by Crippen LogP contribution is 2.26. The van der Waals surface area contributed by atoms with Gasteiger partial charge in [-0.1, -0.05) is 35.9 Å². The average molecular weight is 304 g/mol. The SMILES string of the molecule is NN1CC(c2cccc(Cl)c2)N=C1Cc1ccc(F)cc1. The molecule has 2 aromatic carbocycles. The van der Waals surface area contributed by atoms with Gasteiger partial charge in [-0.2, -0.15) is 0 Å². The minimum absolute atomic E-state index is 0.0100. The van der Waals surface area contributed by atoms with E-state index in [-0.39, 0.29) is 11.9 Å². The summed E-state index contributed by atoms with van der Waals surface area (Å²) >= 11 is 6.01. The molecule has 0 saturated heterocycles. The number of amidine groups is 1. The van der Waals surface area contributed by atoms with Gasteiger partial charge in [-0.05, 0) is 35.4 Å². The van der Waals surface area contributed by atoms with Gasteiger partial charge in [0.25, 0.3) is 0 Å². The molecule has 1 aliphatic rings. The van der Waals surface area contributed by atoms with Crippen molar-refractivity contribution >= 4 is 17.4 Å². The normalized spacial score (nSPS) is 18.0. The maximum absolute atomic E-state index is 12.9. The summed E-state index contributed by atoms with van der Waals surface area (Å²) in [5, 5.41) is 2.34. The van der Waals surface area contributed by atoms with Crippen molar-refractivity contribution in [2.75, 3.05) is 6.54 Å². The van der Waals surface area contributed by atoms with Crippen LogP contribution < -0.4 is 5.84 Å². The van der Waals surface area contributed by atoms with Crippen molar-refractivity contribution in [3.8, 4) is 0 Å². The Balaban J connectivity index is 1.79. The first kappa shape index (κ1) is 14.0. The van der Waals surface area contributed by atoms with Crippen molar-refractivity contribution in [3.05, 3.63) is 70.5 Å². The molecule has 0 amide bonds. The van der Waals surface area contributed by atoms with Crippen LogP contribution in [0.25, 0.3) is 0 Å². The van der Waals surface area contributed by atoms with E-state index < -0.39 is 0 Å². The monoisotopic (exact) mass is 303 g/mol. The summed E-state index contributed by atoms with van der Waals surface area (Å²) in [6.45, 7) is 0.622. The maximum atomic E-state index is 12.9. The van der Waals surface area contributed by atoms with Gasteiger partial charge in [-0.15, -0.1) is 0 Å². The Morgan fingerprint density at radius 2 is 2.00 bits per heavy atom. The third-order valence-corrected chi connectivity index (χ3v) is 3.75. The molecule has 1 aliphatic heterocycles. The molecule has 5 heteroatoms. The quantitative estimate of drug-likeness (QED) is 0.884. The molecule has 0 bridgehead atoms. The third-order valence-electron chi connectivity index (χ3n) is 3.51. The van der Waals surface area contributed by atoms with Crippen molar-refractivity contribution in [1.82, 2.24) is 5.01 Å². The molecule has 108 valence electrons. The molecule has 0 spiro atoms. The molecule has 0 saturated carbocycles. The van der Waals surface area contributed by atoms with E-state index in [2.05, 4.69) is 4.99 Å². The van der Waals surface area contributed by atoms with Gasteiger partial charge in [0, 0.05) is 11.4 Å². The number of aliphatic imine (C=N–C) groups is 1. The zero-order valence-corrected chi connectivity index (χ0v) is 12.1. The van der Waals surface area contributed by atoms with Crippen LogP contribution in [-0.2, 0) is 6.42 Å². The second-order valence-electron chi connectivity index (χ2n) is 5.07. The molecule has 0 radical (unpaired) electrons. The van der Waals surface area contributed by atoms with Gasteiger partial charge < -0.3 is 0 Å². The zero-order valence-electron chi connectivity index (χ0n) is 11.3. The molecule has 0 fully saturated rings. The predicted octanol–water partition coefficient (Wildman–Crippen LogP) is 3.35. The summed E-state index contributed by atoms with van der Waals surface area (Å²) in [7, 11) is 0. The lowest BCUT2D eigenvalue weighted by molar-refractivity contribution is 0.443. The van der Waals surface area contributed by atoms with Crippen molar-refractivity contribution in [3.63, 3.8) is 0 Å². The number of halogens is 2. The number of nitrogens with zero attached hydrogens (tertiary/aromatic N) is 2. The summed E-state index contributed by atoms with van der Waals surface area (Å²) in [6.07, 6.45) is 0.591. The Hall–Kier alpha value is -1.91. The highest BCUT2D eigenvalue weighted by atomic mass is 35.5. The van der Waals surface area contributed by atoms with Crippen LogP contribution in [0.15, 0.2) is 53.5 Å². The molecule has 0 aliphatic carbocycles. The standard InChI is InChI=1S/C16H15ClFN3/c17-13-3-1-2-12(9-13)15-10-21(19)16(20-15)8-11-4-6-14(18)7-5-11/h1-7,9,15H,8,10,19H2. The van der Waals surface area contributed by atoms with E-state index in [0.717, 1.165) is 17.0 Å². The molecule has 21 heavy (non-hydrogen) atoms. The number of hydrogen-bond donors (Lipinski definition) is 1. The lowest BCUT2D eigenvalue weighted by atomic mass is 10.1. The largest absolute Gasteiger partial charge is 0.296 e. The highest BCUT2D eigenvalue weighted by Gasteiger charge is 2.24. The minimum Gasteiger partial charge on any atom is -0.296 e. The molecular formula is C16H15ClFN3. The van der Waals surface area contributed by atoms with Gasteiger partial charge in [0.05, 0.1) is 12.6 Å². The van der Waals surface area contributed by atoms with Crippen molar-refractivity contribution in [2.24, 2.45) is 10.8 Å². The molecular weight excluding hydrogens is 289 g/mol. The molecule has 1 unspecified atom stereocenters. The van der Waals surface area contributed by atoms with E-state index >= 15 is 0 Å². The van der Waals surface area contributed by atoms with Crippen LogP contribution in [0.1, 0.15) is 17.2 Å². The van der Waals surface area contributed by atoms with Crippen LogP contribution in [0.3, 0.4) is 0 Å². The van der Waals surface area contributed by atoms with Crippen LogP contribution in [0.4, 0.5) is 4.39 Å². The predicted molar refractivity (Wildman–Crippen MR) is 82.6 cm³/mol. The second-order valence-corrected chi connectivity index (χ2v) is 5.51. The number of hydrogen-bond acceptors (Lipinski definition) is 3. The summed E-state index contributed by atoms with van der Waals surface area (Å²) in [5.74, 6) is 6.57. The van der Waals surface area contributed by atoms with Gasteiger partial charge in [0.1, 0.15) is 11.7 Å². The van der Waals surface area contributed by atoms with Gasteiger partial charge >= 0.3 is 0 Å². The van der Waals surface area contributed by atoms with E-state index in [0.29, 0.717) is 18.0 Å². The van der Waals surface area contributed by atoms with Crippen LogP contribution in [0, 0.1) is 5.82 Å². The minimum atomic E-state index is -0.242. The summed E-state index contributed by atoms with van der Waals surface area (Å²) < 4.78 is 12.9. The van der Waals surface area contributed by atoms with E-state index in [1.807, 2.05) is 24.3 Å². The summed E-state index contributed by atoms with van der Waals surface area (Å²) in [5.41, 5.74) is 2.03. The summed E-state index contributed by atoms with van der Waals surface area (Å²) in [4.78, 5) is 4.66.